The molecule has 1 N–H and O–H groups in total. The lowest BCUT2D eigenvalue weighted by Crippen LogP contribution is -2.41. The quantitative estimate of drug-likeness (QED) is 0.673. The molecule has 0 radical (unpaired) electrons. The summed E-state index contributed by atoms with van der Waals surface area (Å²) in [7, 11) is 1.39. The monoisotopic (exact) mass is 384 g/mol. The molecule has 3 aromatic heterocycles. The number of rotatable bonds is 5. The molecule has 28 heavy (non-hydrogen) atoms. The van der Waals surface area contributed by atoms with Crippen LogP contribution in [0.5, 0.6) is 0 Å². The highest BCUT2D eigenvalue weighted by Crippen LogP contribution is 2.23. The van der Waals surface area contributed by atoms with Gasteiger partial charge in [-0.25, -0.2) is 19.3 Å². The molecule has 1 aliphatic rings. The Hall–Kier alpha value is -3.07. The Morgan fingerprint density at radius 2 is 2.11 bits per heavy atom. The fraction of sp³-hybridized carbons (Fsp3) is 0.368. The van der Waals surface area contributed by atoms with Crippen LogP contribution in [0.15, 0.2) is 36.8 Å². The molecule has 0 aromatic carbocycles. The molecule has 0 spiro atoms. The van der Waals surface area contributed by atoms with Crippen LogP contribution >= 0.6 is 0 Å². The number of piperidine rings is 1. The number of imidazole rings is 1. The minimum absolute atomic E-state index is 0.161. The molecule has 1 saturated heterocycles. The van der Waals surface area contributed by atoms with Gasteiger partial charge in [-0.1, -0.05) is 6.07 Å². The first-order valence-corrected chi connectivity index (χ1v) is 9.15. The number of methoxy groups -OCH3 is 1. The average molecular weight is 384 g/mol. The Balaban J connectivity index is 1.47. The molecule has 0 saturated carbocycles. The summed E-state index contributed by atoms with van der Waals surface area (Å²) < 4.78 is 20.9. The number of aromatic nitrogens is 4. The molecule has 3 aromatic rings. The second-order valence-electron chi connectivity index (χ2n) is 6.73. The van der Waals surface area contributed by atoms with Gasteiger partial charge in [0.2, 0.25) is 5.95 Å². The van der Waals surface area contributed by atoms with E-state index in [0.717, 1.165) is 31.6 Å². The molecular weight excluding hydrogens is 363 g/mol. The zero-order valence-corrected chi connectivity index (χ0v) is 15.5. The van der Waals surface area contributed by atoms with Crippen molar-refractivity contribution in [2.75, 3.05) is 32.1 Å². The summed E-state index contributed by atoms with van der Waals surface area (Å²) in [5.41, 5.74) is 1.51. The number of nitrogens with zero attached hydrogens (tertiary/aromatic N) is 5. The number of likely N-dealkylation sites (tertiary alicyclic amines) is 1. The van der Waals surface area contributed by atoms with Crippen molar-refractivity contribution in [1.29, 1.82) is 0 Å². The van der Waals surface area contributed by atoms with Gasteiger partial charge in [0.1, 0.15) is 11.3 Å². The standard InChI is InChI=1S/C19H21FN6O2/c1-28-17(27)12-25-8-5-13(6-9-25)23-19-22-10-14(20)18(24-19)15-11-21-16-4-2-3-7-26(15)16/h2-4,7,10-11,13H,5-6,8-9,12H2,1H3,(H,22,23,24). The van der Waals surface area contributed by atoms with Crippen molar-refractivity contribution in [2.24, 2.45) is 0 Å². The van der Waals surface area contributed by atoms with Crippen molar-refractivity contribution in [1.82, 2.24) is 24.3 Å². The van der Waals surface area contributed by atoms with Crippen LogP contribution in [0.2, 0.25) is 0 Å². The Morgan fingerprint density at radius 1 is 1.29 bits per heavy atom. The van der Waals surface area contributed by atoms with Crippen LogP contribution in [0.1, 0.15) is 12.8 Å². The van der Waals surface area contributed by atoms with Gasteiger partial charge in [-0.3, -0.25) is 14.1 Å². The average Bonchev–Trinajstić information content (AvgIpc) is 3.15. The molecular formula is C19H21FN6O2. The van der Waals surface area contributed by atoms with E-state index >= 15 is 0 Å². The fourth-order valence-electron chi connectivity index (χ4n) is 3.39. The van der Waals surface area contributed by atoms with E-state index in [4.69, 9.17) is 4.74 Å². The number of carbonyl (C=O) groups is 1. The molecule has 9 heteroatoms. The number of ether oxygens (including phenoxy) is 1. The van der Waals surface area contributed by atoms with Crippen molar-refractivity contribution in [3.8, 4) is 11.4 Å². The van der Waals surface area contributed by atoms with Gasteiger partial charge in [0, 0.05) is 25.3 Å². The molecule has 0 unspecified atom stereocenters. The summed E-state index contributed by atoms with van der Waals surface area (Å²) in [6.45, 7) is 1.84. The van der Waals surface area contributed by atoms with E-state index in [1.54, 1.807) is 10.6 Å². The van der Waals surface area contributed by atoms with Crippen molar-refractivity contribution in [3.05, 3.63) is 42.6 Å². The summed E-state index contributed by atoms with van der Waals surface area (Å²) in [4.78, 5) is 26.2. The largest absolute Gasteiger partial charge is 0.468 e. The van der Waals surface area contributed by atoms with Gasteiger partial charge in [0.15, 0.2) is 5.82 Å². The number of carbonyl (C=O) groups excluding carboxylic acids is 1. The molecule has 0 amide bonds. The second kappa shape index (κ2) is 7.89. The molecule has 4 rings (SSSR count). The number of fused-ring (bicyclic) bond motifs is 1. The van der Waals surface area contributed by atoms with Gasteiger partial charge in [0.05, 0.1) is 31.7 Å². The van der Waals surface area contributed by atoms with Crippen molar-refractivity contribution < 1.29 is 13.9 Å². The maximum absolute atomic E-state index is 14.4. The highest BCUT2D eigenvalue weighted by atomic mass is 19.1. The first kappa shape index (κ1) is 18.3. The number of halogens is 1. The van der Waals surface area contributed by atoms with Crippen LogP contribution < -0.4 is 5.32 Å². The normalized spacial score (nSPS) is 15.6. The van der Waals surface area contributed by atoms with Gasteiger partial charge in [0.25, 0.3) is 0 Å². The fourth-order valence-corrected chi connectivity index (χ4v) is 3.39. The van der Waals surface area contributed by atoms with E-state index in [-0.39, 0.29) is 17.7 Å². The lowest BCUT2D eigenvalue weighted by atomic mass is 10.1. The van der Waals surface area contributed by atoms with Gasteiger partial charge in [-0.05, 0) is 25.0 Å². The van der Waals surface area contributed by atoms with E-state index in [1.165, 1.54) is 13.3 Å². The van der Waals surface area contributed by atoms with E-state index in [1.807, 2.05) is 24.4 Å². The van der Waals surface area contributed by atoms with Crippen LogP contribution in [-0.2, 0) is 9.53 Å². The number of esters is 1. The third-order valence-corrected chi connectivity index (χ3v) is 4.90. The van der Waals surface area contributed by atoms with Crippen LogP contribution in [-0.4, -0.2) is 63.0 Å². The van der Waals surface area contributed by atoms with E-state index < -0.39 is 5.82 Å². The van der Waals surface area contributed by atoms with Crippen molar-refractivity contribution in [2.45, 2.75) is 18.9 Å². The maximum atomic E-state index is 14.4. The summed E-state index contributed by atoms with van der Waals surface area (Å²) in [6.07, 6.45) is 6.28. The third kappa shape index (κ3) is 3.79. The van der Waals surface area contributed by atoms with Gasteiger partial charge in [-0.2, -0.15) is 0 Å². The summed E-state index contributed by atoms with van der Waals surface area (Å²) >= 11 is 0. The smallest absolute Gasteiger partial charge is 0.319 e. The van der Waals surface area contributed by atoms with Gasteiger partial charge >= 0.3 is 5.97 Å². The number of anilines is 1. The van der Waals surface area contributed by atoms with E-state index in [0.29, 0.717) is 18.2 Å². The third-order valence-electron chi connectivity index (χ3n) is 4.90. The number of hydrogen-bond donors (Lipinski definition) is 1. The van der Waals surface area contributed by atoms with Crippen molar-refractivity contribution >= 4 is 17.6 Å². The molecule has 1 fully saturated rings. The minimum atomic E-state index is -0.496. The predicted molar refractivity (Wildman–Crippen MR) is 101 cm³/mol. The van der Waals surface area contributed by atoms with Gasteiger partial charge < -0.3 is 10.1 Å². The molecule has 8 nitrogen and oxygen atoms in total. The number of nitrogens with one attached hydrogen (secondary N) is 1. The first-order chi connectivity index (χ1) is 13.6. The number of hydrogen-bond acceptors (Lipinski definition) is 7. The zero-order chi connectivity index (χ0) is 19.5. The molecule has 0 bridgehead atoms. The topological polar surface area (TPSA) is 84.6 Å². The Labute approximate surface area is 161 Å². The molecule has 4 heterocycles. The summed E-state index contributed by atoms with van der Waals surface area (Å²) in [5, 5.41) is 3.28. The SMILES string of the molecule is COC(=O)CN1CCC(Nc2ncc(F)c(-c3cnc4ccccn34)n2)CC1. The van der Waals surface area contributed by atoms with E-state index in [9.17, 15) is 9.18 Å². The maximum Gasteiger partial charge on any atom is 0.319 e. The second-order valence-corrected chi connectivity index (χ2v) is 6.73. The van der Waals surface area contributed by atoms with Crippen LogP contribution in [0.4, 0.5) is 10.3 Å². The minimum Gasteiger partial charge on any atom is -0.468 e. The highest BCUT2D eigenvalue weighted by molar-refractivity contribution is 5.71. The first-order valence-electron chi connectivity index (χ1n) is 9.15. The molecule has 0 aliphatic carbocycles. The zero-order valence-electron chi connectivity index (χ0n) is 15.5. The van der Waals surface area contributed by atoms with Crippen LogP contribution in [0.25, 0.3) is 17.0 Å². The Morgan fingerprint density at radius 3 is 2.89 bits per heavy atom. The van der Waals surface area contributed by atoms with Crippen LogP contribution in [0.3, 0.4) is 0 Å². The molecule has 1 aliphatic heterocycles. The molecule has 146 valence electrons. The summed E-state index contributed by atoms with van der Waals surface area (Å²) in [5.74, 6) is -0.344. The predicted octanol–water partition coefficient (Wildman–Crippen LogP) is 1.98. The Bertz CT molecular complexity index is 983. The van der Waals surface area contributed by atoms with E-state index in [2.05, 4.69) is 25.2 Å². The van der Waals surface area contributed by atoms with Gasteiger partial charge in [-0.15, -0.1) is 0 Å². The lowest BCUT2D eigenvalue weighted by Gasteiger charge is -2.31. The summed E-state index contributed by atoms with van der Waals surface area (Å²) in [6, 6.07) is 5.75. The van der Waals surface area contributed by atoms with Crippen molar-refractivity contribution in [3.63, 3.8) is 0 Å². The number of pyridine rings is 1. The highest BCUT2D eigenvalue weighted by Gasteiger charge is 2.22. The Kier molecular flexibility index (Phi) is 5.16. The molecule has 0 atom stereocenters. The van der Waals surface area contributed by atoms with Crippen LogP contribution in [0, 0.1) is 5.82 Å². The lowest BCUT2D eigenvalue weighted by molar-refractivity contribution is -0.142.